The van der Waals surface area contributed by atoms with Crippen LogP contribution in [0.3, 0.4) is 0 Å². The van der Waals surface area contributed by atoms with E-state index in [1.54, 1.807) is 0 Å². The molecule has 104 valence electrons. The molecule has 1 saturated carbocycles. The molecular weight excluding hydrogens is 226 g/mol. The van der Waals surface area contributed by atoms with Crippen molar-refractivity contribution in [2.24, 2.45) is 5.92 Å². The van der Waals surface area contributed by atoms with Crippen LogP contribution in [-0.4, -0.2) is 24.7 Å². The molecule has 3 atom stereocenters. The molecule has 3 unspecified atom stereocenters. The van der Waals surface area contributed by atoms with Crippen LogP contribution < -0.4 is 5.32 Å². The second-order valence-corrected chi connectivity index (χ2v) is 5.98. The van der Waals surface area contributed by atoms with Crippen molar-refractivity contribution < 1.29 is 9.53 Å². The van der Waals surface area contributed by atoms with Crippen molar-refractivity contribution in [3.63, 3.8) is 0 Å². The molecule has 0 amide bonds. The van der Waals surface area contributed by atoms with Gasteiger partial charge in [-0.1, -0.05) is 19.8 Å². The van der Waals surface area contributed by atoms with E-state index in [2.05, 4.69) is 12.2 Å². The van der Waals surface area contributed by atoms with Gasteiger partial charge in [0.05, 0.1) is 0 Å². The minimum absolute atomic E-state index is 0.0149. The lowest BCUT2D eigenvalue weighted by atomic mass is 9.88. The molecule has 0 aromatic carbocycles. The minimum atomic E-state index is 0.0149. The lowest BCUT2D eigenvalue weighted by molar-refractivity contribution is -0.153. The number of nitrogens with one attached hydrogen (secondary N) is 1. The van der Waals surface area contributed by atoms with Crippen molar-refractivity contribution in [3.8, 4) is 0 Å². The number of esters is 1. The highest BCUT2D eigenvalue weighted by Gasteiger charge is 2.25. The fraction of sp³-hybridized carbons (Fsp3) is 0.933. The molecule has 0 radical (unpaired) electrons. The summed E-state index contributed by atoms with van der Waals surface area (Å²) >= 11 is 0. The third-order valence-corrected chi connectivity index (χ3v) is 4.42. The van der Waals surface area contributed by atoms with E-state index in [0.717, 1.165) is 19.4 Å². The van der Waals surface area contributed by atoms with E-state index in [1.165, 1.54) is 38.5 Å². The minimum Gasteiger partial charge on any atom is -0.462 e. The van der Waals surface area contributed by atoms with Crippen LogP contribution in [0.15, 0.2) is 0 Å². The Morgan fingerprint density at radius 1 is 1.17 bits per heavy atom. The zero-order valence-electron chi connectivity index (χ0n) is 11.6. The molecule has 0 aromatic heterocycles. The standard InChI is InChI=1S/C15H27NO2/c1-12-6-2-3-8-14(12)18-15(17)10-9-13-7-4-5-11-16-13/h12-14,16H,2-11H2,1H3. The van der Waals surface area contributed by atoms with Crippen molar-refractivity contribution in [3.05, 3.63) is 0 Å². The Morgan fingerprint density at radius 3 is 2.67 bits per heavy atom. The second kappa shape index (κ2) is 7.13. The zero-order chi connectivity index (χ0) is 12.8. The average molecular weight is 253 g/mol. The Balaban J connectivity index is 1.64. The number of ether oxygens (including phenoxy) is 1. The molecule has 1 aliphatic carbocycles. The maximum atomic E-state index is 11.8. The van der Waals surface area contributed by atoms with E-state index in [1.807, 2.05) is 0 Å². The van der Waals surface area contributed by atoms with E-state index in [4.69, 9.17) is 4.74 Å². The van der Waals surface area contributed by atoms with Crippen LogP contribution in [0.1, 0.15) is 64.7 Å². The number of piperidine rings is 1. The van der Waals surface area contributed by atoms with Crippen molar-refractivity contribution in [1.82, 2.24) is 5.32 Å². The SMILES string of the molecule is CC1CCCCC1OC(=O)CCC1CCCCN1. The molecule has 1 N–H and O–H groups in total. The lowest BCUT2D eigenvalue weighted by Crippen LogP contribution is -2.35. The van der Waals surface area contributed by atoms with Gasteiger partial charge in [0.25, 0.3) is 0 Å². The van der Waals surface area contributed by atoms with Crippen LogP contribution in [0, 0.1) is 5.92 Å². The summed E-state index contributed by atoms with van der Waals surface area (Å²) in [7, 11) is 0. The second-order valence-electron chi connectivity index (χ2n) is 5.98. The van der Waals surface area contributed by atoms with Crippen LogP contribution in [-0.2, 0) is 9.53 Å². The molecule has 2 aliphatic rings. The van der Waals surface area contributed by atoms with Gasteiger partial charge in [-0.25, -0.2) is 0 Å². The molecule has 3 heteroatoms. The molecule has 0 aromatic rings. The highest BCUT2D eigenvalue weighted by atomic mass is 16.5. The zero-order valence-corrected chi connectivity index (χ0v) is 11.6. The first-order valence-corrected chi connectivity index (χ1v) is 7.68. The van der Waals surface area contributed by atoms with Crippen molar-refractivity contribution >= 4 is 5.97 Å². The van der Waals surface area contributed by atoms with Gasteiger partial charge in [-0.05, 0) is 51.0 Å². The predicted molar refractivity (Wildman–Crippen MR) is 72.4 cm³/mol. The molecule has 2 rings (SSSR count). The summed E-state index contributed by atoms with van der Waals surface area (Å²) in [5, 5.41) is 3.48. The van der Waals surface area contributed by atoms with Gasteiger partial charge < -0.3 is 10.1 Å². The van der Waals surface area contributed by atoms with E-state index < -0.39 is 0 Å². The van der Waals surface area contributed by atoms with Gasteiger partial charge in [-0.15, -0.1) is 0 Å². The summed E-state index contributed by atoms with van der Waals surface area (Å²) in [6.07, 6.45) is 10.3. The first-order chi connectivity index (χ1) is 8.75. The monoisotopic (exact) mass is 253 g/mol. The van der Waals surface area contributed by atoms with Gasteiger partial charge in [0.15, 0.2) is 0 Å². The van der Waals surface area contributed by atoms with Crippen LogP contribution >= 0.6 is 0 Å². The van der Waals surface area contributed by atoms with Gasteiger partial charge in [-0.2, -0.15) is 0 Å². The summed E-state index contributed by atoms with van der Waals surface area (Å²) in [5.41, 5.74) is 0. The number of hydrogen-bond donors (Lipinski definition) is 1. The summed E-state index contributed by atoms with van der Waals surface area (Å²) < 4.78 is 5.63. The van der Waals surface area contributed by atoms with Crippen molar-refractivity contribution in [2.75, 3.05) is 6.54 Å². The fourth-order valence-electron chi connectivity index (χ4n) is 3.15. The molecule has 3 nitrogen and oxygen atoms in total. The Labute approximate surface area is 111 Å². The van der Waals surface area contributed by atoms with Crippen LogP contribution in [0.2, 0.25) is 0 Å². The molecule has 2 fully saturated rings. The molecule has 1 heterocycles. The highest BCUT2D eigenvalue weighted by Crippen LogP contribution is 2.26. The summed E-state index contributed by atoms with van der Waals surface area (Å²) in [6.45, 7) is 3.32. The molecule has 0 spiro atoms. The fourth-order valence-corrected chi connectivity index (χ4v) is 3.15. The highest BCUT2D eigenvalue weighted by molar-refractivity contribution is 5.69. The smallest absolute Gasteiger partial charge is 0.306 e. The normalized spacial score (nSPS) is 33.1. The van der Waals surface area contributed by atoms with Gasteiger partial charge in [-0.3, -0.25) is 4.79 Å². The van der Waals surface area contributed by atoms with Gasteiger partial charge in [0.1, 0.15) is 6.10 Å². The number of carbonyl (C=O) groups is 1. The van der Waals surface area contributed by atoms with Crippen molar-refractivity contribution in [1.29, 1.82) is 0 Å². The Bertz CT molecular complexity index is 261. The Morgan fingerprint density at radius 2 is 1.94 bits per heavy atom. The first kappa shape index (κ1) is 13.9. The lowest BCUT2D eigenvalue weighted by Gasteiger charge is -2.29. The Hall–Kier alpha value is -0.570. The van der Waals surface area contributed by atoms with Crippen LogP contribution in [0.25, 0.3) is 0 Å². The van der Waals surface area contributed by atoms with Crippen LogP contribution in [0.5, 0.6) is 0 Å². The van der Waals surface area contributed by atoms with E-state index >= 15 is 0 Å². The molecule has 1 saturated heterocycles. The largest absolute Gasteiger partial charge is 0.462 e. The van der Waals surface area contributed by atoms with Gasteiger partial charge in [0, 0.05) is 12.5 Å². The van der Waals surface area contributed by atoms with E-state index in [0.29, 0.717) is 18.4 Å². The summed E-state index contributed by atoms with van der Waals surface area (Å²) in [5.74, 6) is 0.566. The van der Waals surface area contributed by atoms with E-state index in [9.17, 15) is 4.79 Å². The molecular formula is C15H27NO2. The van der Waals surface area contributed by atoms with Crippen molar-refractivity contribution in [2.45, 2.75) is 76.9 Å². The van der Waals surface area contributed by atoms with E-state index in [-0.39, 0.29) is 12.1 Å². The summed E-state index contributed by atoms with van der Waals surface area (Å²) in [6, 6.07) is 0.537. The molecule has 18 heavy (non-hydrogen) atoms. The quantitative estimate of drug-likeness (QED) is 0.783. The third-order valence-electron chi connectivity index (χ3n) is 4.42. The predicted octanol–water partition coefficient (Wildman–Crippen LogP) is 3.03. The Kier molecular flexibility index (Phi) is 5.48. The molecule has 1 aliphatic heterocycles. The van der Waals surface area contributed by atoms with Crippen LogP contribution in [0.4, 0.5) is 0 Å². The molecule has 0 bridgehead atoms. The first-order valence-electron chi connectivity index (χ1n) is 7.68. The summed E-state index contributed by atoms with van der Waals surface area (Å²) in [4.78, 5) is 11.8. The maximum Gasteiger partial charge on any atom is 0.306 e. The maximum absolute atomic E-state index is 11.8. The third kappa shape index (κ3) is 4.27. The topological polar surface area (TPSA) is 38.3 Å². The number of rotatable bonds is 4. The number of hydrogen-bond acceptors (Lipinski definition) is 3. The number of carbonyl (C=O) groups excluding carboxylic acids is 1. The van der Waals surface area contributed by atoms with Gasteiger partial charge in [0.2, 0.25) is 0 Å². The van der Waals surface area contributed by atoms with Gasteiger partial charge >= 0.3 is 5.97 Å². The average Bonchev–Trinajstić information content (AvgIpc) is 2.40.